The van der Waals surface area contributed by atoms with Crippen molar-refractivity contribution in [2.45, 2.75) is 81.0 Å². The highest BCUT2D eigenvalue weighted by molar-refractivity contribution is 5.85. The van der Waals surface area contributed by atoms with Gasteiger partial charge >= 0.3 is 12.1 Å². The van der Waals surface area contributed by atoms with Gasteiger partial charge in [0.2, 0.25) is 5.91 Å². The second-order valence-corrected chi connectivity index (χ2v) is 10.9. The fourth-order valence-electron chi connectivity index (χ4n) is 4.50. The third kappa shape index (κ3) is 6.30. The molecule has 200 valence electrons. The van der Waals surface area contributed by atoms with Crippen molar-refractivity contribution in [3.8, 4) is 11.1 Å². The average molecular weight is 522 g/mol. The molecular weight excluding hydrogens is 490 g/mol. The molecule has 0 aliphatic heterocycles. The van der Waals surface area contributed by atoms with Crippen molar-refractivity contribution in [1.82, 2.24) is 10.6 Å². The van der Waals surface area contributed by atoms with Crippen molar-refractivity contribution in [2.24, 2.45) is 5.73 Å². The number of carboxylic acid groups (broad SMARTS) is 1. The molecule has 2 aliphatic rings. The van der Waals surface area contributed by atoms with Crippen molar-refractivity contribution in [3.63, 3.8) is 0 Å². The molecule has 10 heteroatoms. The van der Waals surface area contributed by atoms with Crippen LogP contribution in [0.5, 0.6) is 0 Å². The number of alkyl halides is 4. The molecule has 2 aromatic carbocycles. The van der Waals surface area contributed by atoms with E-state index in [2.05, 4.69) is 10.6 Å². The van der Waals surface area contributed by atoms with Crippen molar-refractivity contribution >= 4 is 11.9 Å². The standard InChI is InChI=1S/C27H31F4N3O3/c1-24(2,28)15-20(22(35)34-26(32)12-13-26)33-21(27(29,30)31)17-8-6-16(7-9-17)18-4-3-5-19(14-18)25(10-11-25)23(36)37/h3-9,14,20-21,33H,10-13,15,32H2,1-2H3,(H,34,35)(H,36,37)/t20-,21-/m0/s1. The van der Waals surface area contributed by atoms with Gasteiger partial charge in [-0.15, -0.1) is 0 Å². The summed E-state index contributed by atoms with van der Waals surface area (Å²) in [6, 6.07) is 8.94. The Balaban J connectivity index is 1.58. The van der Waals surface area contributed by atoms with Crippen LogP contribution >= 0.6 is 0 Å². The Bertz CT molecular complexity index is 1170. The normalized spacial score (nSPS) is 19.5. The van der Waals surface area contributed by atoms with E-state index in [0.29, 0.717) is 42.4 Å². The van der Waals surface area contributed by atoms with Crippen molar-refractivity contribution in [3.05, 3.63) is 59.7 Å². The Labute approximate surface area is 212 Å². The smallest absolute Gasteiger partial charge is 0.407 e. The average Bonchev–Trinajstić information content (AvgIpc) is 3.72. The predicted octanol–water partition coefficient (Wildman–Crippen LogP) is 4.73. The molecule has 2 aromatic rings. The van der Waals surface area contributed by atoms with Crippen LogP contribution < -0.4 is 16.4 Å². The molecule has 2 saturated carbocycles. The monoisotopic (exact) mass is 521 g/mol. The first-order valence-electron chi connectivity index (χ1n) is 12.2. The number of carbonyl (C=O) groups is 2. The van der Waals surface area contributed by atoms with E-state index in [4.69, 9.17) is 5.73 Å². The number of aliphatic carboxylic acids is 1. The van der Waals surface area contributed by atoms with Crippen LogP contribution in [0.25, 0.3) is 11.1 Å². The molecule has 0 aromatic heterocycles. The Kier molecular flexibility index (Phi) is 6.87. The van der Waals surface area contributed by atoms with E-state index in [-0.39, 0.29) is 5.56 Å². The Morgan fingerprint density at radius 3 is 2.11 bits per heavy atom. The van der Waals surface area contributed by atoms with Crippen LogP contribution in [0.15, 0.2) is 48.5 Å². The number of nitrogens with one attached hydrogen (secondary N) is 2. The second-order valence-electron chi connectivity index (χ2n) is 10.9. The van der Waals surface area contributed by atoms with Gasteiger partial charge in [0.1, 0.15) is 11.7 Å². The maximum Gasteiger partial charge on any atom is 0.407 e. The van der Waals surface area contributed by atoms with E-state index in [1.165, 1.54) is 38.1 Å². The van der Waals surface area contributed by atoms with Gasteiger partial charge < -0.3 is 16.2 Å². The van der Waals surface area contributed by atoms with Crippen molar-refractivity contribution < 1.29 is 32.3 Å². The zero-order chi connectivity index (χ0) is 27.2. The number of hydrogen-bond acceptors (Lipinski definition) is 4. The van der Waals surface area contributed by atoms with Crippen LogP contribution in [0.4, 0.5) is 17.6 Å². The van der Waals surface area contributed by atoms with Gasteiger partial charge in [0, 0.05) is 6.42 Å². The molecule has 0 radical (unpaired) electrons. The lowest BCUT2D eigenvalue weighted by atomic mass is 9.92. The number of carbonyl (C=O) groups excluding carboxylic acids is 1. The molecule has 4 rings (SSSR count). The molecule has 0 heterocycles. The third-order valence-electron chi connectivity index (χ3n) is 7.01. The number of halogens is 4. The van der Waals surface area contributed by atoms with Gasteiger partial charge in [0.25, 0.3) is 0 Å². The number of hydrogen-bond donors (Lipinski definition) is 4. The SMILES string of the molecule is CC(C)(F)C[C@H](N[C@@H](c1ccc(-c2cccc(C3(C(=O)O)CC3)c2)cc1)C(F)(F)F)C(=O)NC1(N)CC1. The molecule has 1 amide bonds. The van der Waals surface area contributed by atoms with Crippen LogP contribution in [-0.4, -0.2) is 40.5 Å². The largest absolute Gasteiger partial charge is 0.481 e. The number of carboxylic acids is 1. The maximum absolute atomic E-state index is 14.4. The van der Waals surface area contributed by atoms with Gasteiger partial charge in [0.05, 0.1) is 17.1 Å². The summed E-state index contributed by atoms with van der Waals surface area (Å²) in [4.78, 5) is 24.4. The zero-order valence-electron chi connectivity index (χ0n) is 20.7. The summed E-state index contributed by atoms with van der Waals surface area (Å²) >= 11 is 0. The predicted molar refractivity (Wildman–Crippen MR) is 130 cm³/mol. The van der Waals surface area contributed by atoms with E-state index in [1.54, 1.807) is 24.3 Å². The van der Waals surface area contributed by atoms with Crippen LogP contribution in [0.1, 0.15) is 63.1 Å². The summed E-state index contributed by atoms with van der Waals surface area (Å²) < 4.78 is 56.8. The molecule has 37 heavy (non-hydrogen) atoms. The summed E-state index contributed by atoms with van der Waals surface area (Å²) in [5.74, 6) is -1.67. The lowest BCUT2D eigenvalue weighted by Crippen LogP contribution is -2.55. The first kappa shape index (κ1) is 27.1. The number of nitrogens with two attached hydrogens (primary N) is 1. The first-order chi connectivity index (χ1) is 17.1. The number of benzene rings is 2. The highest BCUT2D eigenvalue weighted by atomic mass is 19.4. The van der Waals surface area contributed by atoms with Crippen LogP contribution in [0.2, 0.25) is 0 Å². The topological polar surface area (TPSA) is 104 Å². The molecule has 2 atom stereocenters. The fourth-order valence-corrected chi connectivity index (χ4v) is 4.50. The third-order valence-corrected chi connectivity index (χ3v) is 7.01. The van der Waals surface area contributed by atoms with Gasteiger partial charge in [-0.1, -0.05) is 48.5 Å². The van der Waals surface area contributed by atoms with E-state index in [9.17, 15) is 32.3 Å². The van der Waals surface area contributed by atoms with Gasteiger partial charge in [-0.3, -0.25) is 14.9 Å². The van der Waals surface area contributed by atoms with E-state index in [1.807, 2.05) is 0 Å². The molecule has 0 spiro atoms. The molecular formula is C27H31F4N3O3. The summed E-state index contributed by atoms with van der Waals surface area (Å²) in [6.07, 6.45) is -3.15. The van der Waals surface area contributed by atoms with Crippen LogP contribution in [-0.2, 0) is 15.0 Å². The Hall–Kier alpha value is -2.98. The number of rotatable bonds is 10. The summed E-state index contributed by atoms with van der Waals surface area (Å²) in [5, 5.41) is 14.4. The van der Waals surface area contributed by atoms with Gasteiger partial charge in [-0.25, -0.2) is 4.39 Å². The van der Waals surface area contributed by atoms with Crippen molar-refractivity contribution in [1.29, 1.82) is 0 Å². The molecule has 2 fully saturated rings. The number of amides is 1. The maximum atomic E-state index is 14.4. The van der Waals surface area contributed by atoms with E-state index >= 15 is 0 Å². The molecule has 5 N–H and O–H groups in total. The first-order valence-corrected chi connectivity index (χ1v) is 12.2. The van der Waals surface area contributed by atoms with Gasteiger partial charge in [-0.2, -0.15) is 13.2 Å². The quantitative estimate of drug-likeness (QED) is 0.267. The molecule has 0 saturated heterocycles. The van der Waals surface area contributed by atoms with Crippen LogP contribution in [0.3, 0.4) is 0 Å². The zero-order valence-corrected chi connectivity index (χ0v) is 20.7. The van der Waals surface area contributed by atoms with Crippen LogP contribution in [0, 0.1) is 0 Å². The molecule has 2 aliphatic carbocycles. The lowest BCUT2D eigenvalue weighted by molar-refractivity contribution is -0.161. The van der Waals surface area contributed by atoms with Crippen molar-refractivity contribution in [2.75, 3.05) is 0 Å². The summed E-state index contributed by atoms with van der Waals surface area (Å²) in [5.41, 5.74) is 3.96. The summed E-state index contributed by atoms with van der Waals surface area (Å²) in [6.45, 7) is 2.40. The Morgan fingerprint density at radius 1 is 1.00 bits per heavy atom. The highest BCUT2D eigenvalue weighted by Gasteiger charge is 2.51. The second kappa shape index (κ2) is 9.40. The molecule has 6 nitrogen and oxygen atoms in total. The highest BCUT2D eigenvalue weighted by Crippen LogP contribution is 2.49. The lowest BCUT2D eigenvalue weighted by Gasteiger charge is -2.30. The Morgan fingerprint density at radius 2 is 1.62 bits per heavy atom. The molecule has 0 unspecified atom stereocenters. The van der Waals surface area contributed by atoms with E-state index < -0.39 is 53.3 Å². The minimum atomic E-state index is -4.76. The minimum absolute atomic E-state index is 0.139. The van der Waals surface area contributed by atoms with Gasteiger partial charge in [0.15, 0.2) is 0 Å². The molecule has 0 bridgehead atoms. The fraction of sp³-hybridized carbons (Fsp3) is 0.481. The van der Waals surface area contributed by atoms with Gasteiger partial charge in [-0.05, 0) is 61.8 Å². The van der Waals surface area contributed by atoms with E-state index in [0.717, 1.165) is 0 Å². The summed E-state index contributed by atoms with van der Waals surface area (Å²) in [7, 11) is 0. The minimum Gasteiger partial charge on any atom is -0.481 e.